The molecule has 10 heteroatoms. The molecule has 0 atom stereocenters. The summed E-state index contributed by atoms with van der Waals surface area (Å²) in [5, 5.41) is 2.77. The summed E-state index contributed by atoms with van der Waals surface area (Å²) in [5.41, 5.74) is 2.03. The van der Waals surface area contributed by atoms with Gasteiger partial charge in [-0.1, -0.05) is 32.9 Å². The molecular weight excluding hydrogens is 414 g/mol. The molecule has 0 radical (unpaired) electrons. The highest BCUT2D eigenvalue weighted by Gasteiger charge is 2.21. The first kappa shape index (κ1) is 21.0. The molecule has 29 heavy (non-hydrogen) atoms. The average Bonchev–Trinajstić information content (AvgIpc) is 2.67. The summed E-state index contributed by atoms with van der Waals surface area (Å²) in [6, 6.07) is 11.3. The van der Waals surface area contributed by atoms with Crippen molar-refractivity contribution in [1.29, 1.82) is 0 Å². The lowest BCUT2D eigenvalue weighted by Gasteiger charge is -2.19. The molecular formula is C19H21N3O5S2. The van der Waals surface area contributed by atoms with Crippen LogP contribution in [0.15, 0.2) is 52.4 Å². The number of nitrogens with one attached hydrogen (secondary N) is 2. The predicted octanol–water partition coefficient (Wildman–Crippen LogP) is 4.17. The Kier molecular flexibility index (Phi) is 5.76. The zero-order valence-electron chi connectivity index (χ0n) is 16.3. The van der Waals surface area contributed by atoms with Gasteiger partial charge in [0.25, 0.3) is 0 Å². The molecule has 1 aliphatic rings. The average molecular weight is 436 g/mol. The van der Waals surface area contributed by atoms with E-state index < -0.39 is 16.2 Å². The third kappa shape index (κ3) is 5.01. The van der Waals surface area contributed by atoms with Crippen LogP contribution < -0.4 is 14.2 Å². The number of amides is 1. The van der Waals surface area contributed by atoms with Gasteiger partial charge in [-0.15, -0.1) is 0 Å². The van der Waals surface area contributed by atoms with Gasteiger partial charge in [-0.3, -0.25) is 5.32 Å². The highest BCUT2D eigenvalue weighted by Crippen LogP contribution is 2.36. The number of anilines is 1. The Labute approximate surface area is 174 Å². The van der Waals surface area contributed by atoms with Gasteiger partial charge in [0, 0.05) is 18.0 Å². The van der Waals surface area contributed by atoms with Crippen molar-refractivity contribution in [1.82, 2.24) is 5.32 Å². The lowest BCUT2D eigenvalue weighted by atomic mass is 9.87. The third-order valence-corrected chi connectivity index (χ3v) is 6.03. The predicted molar refractivity (Wildman–Crippen MR) is 113 cm³/mol. The molecule has 1 amide bonds. The van der Waals surface area contributed by atoms with Crippen molar-refractivity contribution in [3.8, 4) is 5.75 Å². The van der Waals surface area contributed by atoms with Gasteiger partial charge < -0.3 is 13.6 Å². The fraction of sp³-hybridized carbons (Fsp3) is 0.263. The van der Waals surface area contributed by atoms with Gasteiger partial charge >= 0.3 is 16.2 Å². The van der Waals surface area contributed by atoms with Crippen LogP contribution in [0.25, 0.3) is 0 Å². The van der Waals surface area contributed by atoms with Crippen LogP contribution in [-0.2, 0) is 20.3 Å². The number of benzene rings is 2. The Hall–Kier alpha value is -2.72. The number of fused-ring (bicyclic) bond motifs is 1. The first-order valence-electron chi connectivity index (χ1n) is 8.64. The number of ether oxygens (including phenoxy) is 1. The van der Waals surface area contributed by atoms with Gasteiger partial charge in [0.1, 0.15) is 10.6 Å². The maximum Gasteiger partial charge on any atom is 0.412 e. The van der Waals surface area contributed by atoms with Crippen molar-refractivity contribution in [3.05, 3.63) is 48.0 Å². The fourth-order valence-electron chi connectivity index (χ4n) is 2.47. The van der Waals surface area contributed by atoms with Gasteiger partial charge in [-0.05, 0) is 35.2 Å². The standard InChI is InChI=1S/C19H21N3O5S2/c1-19(2,3)12-5-8-14(9-6-12)29(24,25)27-13-7-10-15-16(11-13)22-28-17(20-15)21-18(23)26-4/h5-11,22H,1-4H3,(H,20,21,23). The van der Waals surface area contributed by atoms with Crippen LogP contribution in [0.3, 0.4) is 0 Å². The van der Waals surface area contributed by atoms with Gasteiger partial charge in [-0.25, -0.2) is 9.79 Å². The highest BCUT2D eigenvalue weighted by atomic mass is 32.2. The first-order valence-corrected chi connectivity index (χ1v) is 10.9. The van der Waals surface area contributed by atoms with Crippen LogP contribution in [0.2, 0.25) is 0 Å². The number of aliphatic imine (C=N–C) groups is 1. The van der Waals surface area contributed by atoms with Crippen molar-refractivity contribution in [2.45, 2.75) is 31.1 Å². The zero-order valence-corrected chi connectivity index (χ0v) is 18.0. The van der Waals surface area contributed by atoms with E-state index in [0.717, 1.165) is 17.5 Å². The minimum Gasteiger partial charge on any atom is -0.453 e. The number of hydrogen-bond donors (Lipinski definition) is 2. The summed E-state index contributed by atoms with van der Waals surface area (Å²) in [6.07, 6.45) is -0.634. The Morgan fingerprint density at radius 3 is 2.45 bits per heavy atom. The number of alkyl carbamates (subject to hydrolysis) is 1. The lowest BCUT2D eigenvalue weighted by molar-refractivity contribution is 0.177. The third-order valence-electron chi connectivity index (χ3n) is 4.06. The number of carbonyl (C=O) groups excluding carboxylic acids is 1. The largest absolute Gasteiger partial charge is 0.453 e. The molecule has 1 heterocycles. The summed E-state index contributed by atoms with van der Waals surface area (Å²) in [6.45, 7) is 6.17. The summed E-state index contributed by atoms with van der Waals surface area (Å²) < 4.78 is 38.0. The molecule has 2 N–H and O–H groups in total. The number of rotatable bonds is 3. The molecule has 154 valence electrons. The van der Waals surface area contributed by atoms with E-state index >= 15 is 0 Å². The van der Waals surface area contributed by atoms with Gasteiger partial charge in [0.05, 0.1) is 18.5 Å². The minimum absolute atomic E-state index is 0.0763. The molecule has 0 aliphatic carbocycles. The Morgan fingerprint density at radius 2 is 1.83 bits per heavy atom. The topological polar surface area (TPSA) is 106 Å². The van der Waals surface area contributed by atoms with E-state index in [0.29, 0.717) is 16.5 Å². The molecule has 0 spiro atoms. The summed E-state index contributed by atoms with van der Waals surface area (Å²) >= 11 is 1.06. The molecule has 1 aliphatic heterocycles. The van der Waals surface area contributed by atoms with E-state index in [2.05, 4.69) is 40.5 Å². The molecule has 0 unspecified atom stereocenters. The molecule has 2 aromatic carbocycles. The zero-order chi connectivity index (χ0) is 21.2. The van der Waals surface area contributed by atoms with Crippen molar-refractivity contribution in [2.75, 3.05) is 11.8 Å². The van der Waals surface area contributed by atoms with Gasteiger partial charge in [-0.2, -0.15) is 8.42 Å². The SMILES string of the molecule is COC(=O)NC1=Nc2ccc(OS(=O)(=O)c3ccc(C(C)(C)C)cc3)cc2NS1. The fourth-order valence-corrected chi connectivity index (χ4v) is 4.04. The second kappa shape index (κ2) is 7.96. The Morgan fingerprint density at radius 1 is 1.14 bits per heavy atom. The summed E-state index contributed by atoms with van der Waals surface area (Å²) in [7, 11) is -2.72. The van der Waals surface area contributed by atoms with E-state index in [1.807, 2.05) is 0 Å². The lowest BCUT2D eigenvalue weighted by Crippen LogP contribution is -2.29. The van der Waals surface area contributed by atoms with Crippen molar-refractivity contribution >= 4 is 44.7 Å². The molecule has 0 saturated carbocycles. The van der Waals surface area contributed by atoms with E-state index in [1.54, 1.807) is 18.2 Å². The molecule has 3 rings (SSSR count). The van der Waals surface area contributed by atoms with E-state index in [-0.39, 0.29) is 16.1 Å². The van der Waals surface area contributed by atoms with E-state index in [1.165, 1.54) is 31.4 Å². The van der Waals surface area contributed by atoms with Crippen LogP contribution in [-0.4, -0.2) is 26.8 Å². The molecule has 0 bridgehead atoms. The second-order valence-corrected chi connectivity index (χ2v) is 9.57. The van der Waals surface area contributed by atoms with Crippen LogP contribution >= 0.6 is 11.9 Å². The monoisotopic (exact) mass is 435 g/mol. The number of hydrogen-bond acceptors (Lipinski definition) is 8. The molecule has 8 nitrogen and oxygen atoms in total. The number of nitrogens with zero attached hydrogens (tertiary/aromatic N) is 1. The Balaban J connectivity index is 1.78. The van der Waals surface area contributed by atoms with Crippen molar-refractivity contribution in [3.63, 3.8) is 0 Å². The second-order valence-electron chi connectivity index (χ2n) is 7.23. The molecule has 0 saturated heterocycles. The number of carbonyl (C=O) groups is 1. The molecule has 0 fully saturated rings. The van der Waals surface area contributed by atoms with E-state index in [9.17, 15) is 13.2 Å². The van der Waals surface area contributed by atoms with Crippen LogP contribution in [0.4, 0.5) is 16.2 Å². The van der Waals surface area contributed by atoms with Crippen molar-refractivity contribution in [2.24, 2.45) is 4.99 Å². The van der Waals surface area contributed by atoms with Crippen LogP contribution in [0.1, 0.15) is 26.3 Å². The first-order chi connectivity index (χ1) is 13.6. The summed E-state index contributed by atoms with van der Waals surface area (Å²) in [4.78, 5) is 15.6. The smallest absolute Gasteiger partial charge is 0.412 e. The Bertz CT molecular complexity index is 1060. The van der Waals surface area contributed by atoms with Crippen molar-refractivity contribution < 1.29 is 22.1 Å². The van der Waals surface area contributed by atoms with Crippen LogP contribution in [0.5, 0.6) is 5.75 Å². The quantitative estimate of drug-likeness (QED) is 0.550. The molecule has 2 aromatic rings. The normalized spacial score (nSPS) is 13.6. The van der Waals surface area contributed by atoms with E-state index in [4.69, 9.17) is 4.18 Å². The van der Waals surface area contributed by atoms with Crippen LogP contribution in [0, 0.1) is 0 Å². The maximum atomic E-state index is 12.6. The molecule has 0 aromatic heterocycles. The number of amidine groups is 1. The maximum absolute atomic E-state index is 12.6. The highest BCUT2D eigenvalue weighted by molar-refractivity contribution is 8.15. The van der Waals surface area contributed by atoms with Gasteiger partial charge in [0.2, 0.25) is 0 Å². The van der Waals surface area contributed by atoms with Gasteiger partial charge in [0.15, 0.2) is 5.17 Å². The minimum atomic E-state index is -3.98. The number of methoxy groups -OCH3 is 1. The summed E-state index contributed by atoms with van der Waals surface area (Å²) in [5.74, 6) is 0.149.